The molecule has 2 bridgehead atoms. The molecule has 0 spiro atoms. The predicted molar refractivity (Wildman–Crippen MR) is 60.5 cm³/mol. The lowest BCUT2D eigenvalue weighted by molar-refractivity contribution is -0.115. The van der Waals surface area contributed by atoms with Crippen molar-refractivity contribution >= 4 is 5.78 Å². The van der Waals surface area contributed by atoms with E-state index in [9.17, 15) is 4.79 Å². The highest BCUT2D eigenvalue weighted by molar-refractivity contribution is 5.91. The van der Waals surface area contributed by atoms with Crippen LogP contribution in [0.15, 0.2) is 11.6 Å². The Morgan fingerprint density at radius 3 is 2.80 bits per heavy atom. The fourth-order valence-electron chi connectivity index (χ4n) is 3.99. The quantitative estimate of drug-likeness (QED) is 0.673. The maximum atomic E-state index is 11.3. The molecule has 0 aliphatic heterocycles. The summed E-state index contributed by atoms with van der Waals surface area (Å²) >= 11 is 0. The van der Waals surface area contributed by atoms with Gasteiger partial charge >= 0.3 is 0 Å². The molecular formula is C14H20O. The van der Waals surface area contributed by atoms with Crippen molar-refractivity contribution in [2.45, 2.75) is 51.4 Å². The van der Waals surface area contributed by atoms with Gasteiger partial charge in [0.1, 0.15) is 0 Å². The van der Waals surface area contributed by atoms with Crippen molar-refractivity contribution in [2.75, 3.05) is 0 Å². The van der Waals surface area contributed by atoms with E-state index in [1.165, 1.54) is 44.1 Å². The molecule has 0 radical (unpaired) electrons. The number of ketones is 1. The summed E-state index contributed by atoms with van der Waals surface area (Å²) in [5.41, 5.74) is 1.46. The zero-order chi connectivity index (χ0) is 10.3. The van der Waals surface area contributed by atoms with Crippen LogP contribution in [0.1, 0.15) is 51.4 Å². The van der Waals surface area contributed by atoms with Gasteiger partial charge in [0.15, 0.2) is 5.78 Å². The van der Waals surface area contributed by atoms with Gasteiger partial charge in [0.2, 0.25) is 0 Å². The highest BCUT2D eigenvalue weighted by Gasteiger charge is 2.39. The Kier molecular flexibility index (Phi) is 2.42. The summed E-state index contributed by atoms with van der Waals surface area (Å²) in [6, 6.07) is 0. The Morgan fingerprint density at radius 2 is 2.13 bits per heavy atom. The monoisotopic (exact) mass is 204 g/mol. The molecule has 2 saturated carbocycles. The van der Waals surface area contributed by atoms with Crippen molar-refractivity contribution in [3.8, 4) is 0 Å². The Hall–Kier alpha value is -0.590. The van der Waals surface area contributed by atoms with E-state index < -0.39 is 0 Å². The van der Waals surface area contributed by atoms with Gasteiger partial charge in [0.05, 0.1) is 0 Å². The molecular weight excluding hydrogens is 184 g/mol. The zero-order valence-electron chi connectivity index (χ0n) is 9.37. The lowest BCUT2D eigenvalue weighted by Crippen LogP contribution is -2.13. The second-order valence-electron chi connectivity index (χ2n) is 5.76. The molecule has 3 aliphatic carbocycles. The SMILES string of the molecule is O=C1C=C(CC2CC3CCC2C3)CCC1. The second-order valence-corrected chi connectivity index (χ2v) is 5.76. The van der Waals surface area contributed by atoms with Crippen LogP contribution in [0.5, 0.6) is 0 Å². The first-order chi connectivity index (χ1) is 7.31. The first-order valence-electron chi connectivity index (χ1n) is 6.53. The van der Waals surface area contributed by atoms with Crippen LogP contribution in [0, 0.1) is 17.8 Å². The minimum absolute atomic E-state index is 0.374. The standard InChI is InChI=1S/C14H20O/c15-14-3-1-2-10(9-14)7-13-8-11-4-5-12(13)6-11/h9,11-13H,1-8H2. The van der Waals surface area contributed by atoms with E-state index >= 15 is 0 Å². The first kappa shape index (κ1) is 9.62. The average Bonchev–Trinajstić information content (AvgIpc) is 2.79. The van der Waals surface area contributed by atoms with Gasteiger partial charge in [-0.2, -0.15) is 0 Å². The van der Waals surface area contributed by atoms with Gasteiger partial charge in [-0.15, -0.1) is 0 Å². The predicted octanol–water partition coefficient (Wildman–Crippen LogP) is 3.49. The lowest BCUT2D eigenvalue weighted by atomic mass is 9.82. The highest BCUT2D eigenvalue weighted by atomic mass is 16.1. The molecule has 2 fully saturated rings. The molecule has 3 unspecified atom stereocenters. The van der Waals surface area contributed by atoms with Crippen LogP contribution in [0.25, 0.3) is 0 Å². The van der Waals surface area contributed by atoms with Gasteiger partial charge < -0.3 is 0 Å². The summed E-state index contributed by atoms with van der Waals surface area (Å²) in [4.78, 5) is 11.3. The van der Waals surface area contributed by atoms with Crippen molar-refractivity contribution in [1.29, 1.82) is 0 Å². The summed E-state index contributed by atoms with van der Waals surface area (Å²) in [6.07, 6.45) is 12.2. The molecule has 3 aliphatic rings. The van der Waals surface area contributed by atoms with Crippen molar-refractivity contribution in [3.63, 3.8) is 0 Å². The first-order valence-corrected chi connectivity index (χ1v) is 6.53. The Bertz CT molecular complexity index is 302. The molecule has 0 N–H and O–H groups in total. The molecule has 15 heavy (non-hydrogen) atoms. The molecule has 3 atom stereocenters. The van der Waals surface area contributed by atoms with E-state index in [-0.39, 0.29) is 0 Å². The number of hydrogen-bond acceptors (Lipinski definition) is 1. The smallest absolute Gasteiger partial charge is 0.155 e. The minimum atomic E-state index is 0.374. The zero-order valence-corrected chi connectivity index (χ0v) is 9.37. The fraction of sp³-hybridized carbons (Fsp3) is 0.786. The summed E-state index contributed by atoms with van der Waals surface area (Å²) in [6.45, 7) is 0. The van der Waals surface area contributed by atoms with E-state index in [4.69, 9.17) is 0 Å². The third-order valence-electron chi connectivity index (χ3n) is 4.70. The van der Waals surface area contributed by atoms with E-state index in [1.54, 1.807) is 0 Å². The number of carbonyl (C=O) groups excluding carboxylic acids is 1. The number of allylic oxidation sites excluding steroid dienone is 2. The van der Waals surface area contributed by atoms with Crippen LogP contribution in [0.2, 0.25) is 0 Å². The van der Waals surface area contributed by atoms with Gasteiger partial charge in [-0.1, -0.05) is 12.0 Å². The van der Waals surface area contributed by atoms with Crippen molar-refractivity contribution in [2.24, 2.45) is 17.8 Å². The summed E-state index contributed by atoms with van der Waals surface area (Å²) < 4.78 is 0. The van der Waals surface area contributed by atoms with E-state index in [0.29, 0.717) is 5.78 Å². The van der Waals surface area contributed by atoms with E-state index in [0.717, 1.165) is 30.6 Å². The number of fused-ring (bicyclic) bond motifs is 2. The number of carbonyl (C=O) groups is 1. The topological polar surface area (TPSA) is 17.1 Å². The van der Waals surface area contributed by atoms with Crippen molar-refractivity contribution in [3.05, 3.63) is 11.6 Å². The highest BCUT2D eigenvalue weighted by Crippen LogP contribution is 2.50. The van der Waals surface area contributed by atoms with Crippen LogP contribution in [-0.2, 0) is 4.79 Å². The molecule has 0 aromatic heterocycles. The maximum absolute atomic E-state index is 11.3. The van der Waals surface area contributed by atoms with Crippen molar-refractivity contribution in [1.82, 2.24) is 0 Å². The van der Waals surface area contributed by atoms with Crippen molar-refractivity contribution < 1.29 is 4.79 Å². The Labute approximate surface area is 91.9 Å². The molecule has 1 nitrogen and oxygen atoms in total. The van der Waals surface area contributed by atoms with Gasteiger partial charge in [-0.05, 0) is 62.4 Å². The minimum Gasteiger partial charge on any atom is -0.295 e. The van der Waals surface area contributed by atoms with Gasteiger partial charge in [-0.25, -0.2) is 0 Å². The molecule has 0 aromatic carbocycles. The normalized spacial score (nSPS) is 39.6. The third kappa shape index (κ3) is 1.89. The maximum Gasteiger partial charge on any atom is 0.155 e. The summed E-state index contributed by atoms with van der Waals surface area (Å²) in [7, 11) is 0. The average molecular weight is 204 g/mol. The lowest BCUT2D eigenvalue weighted by Gasteiger charge is -2.23. The summed E-state index contributed by atoms with van der Waals surface area (Å²) in [5, 5.41) is 0. The van der Waals surface area contributed by atoms with Crippen LogP contribution in [0.3, 0.4) is 0 Å². The van der Waals surface area contributed by atoms with Crippen LogP contribution < -0.4 is 0 Å². The number of hydrogen-bond donors (Lipinski definition) is 0. The molecule has 1 heteroatoms. The van der Waals surface area contributed by atoms with Gasteiger partial charge in [0.25, 0.3) is 0 Å². The molecule has 82 valence electrons. The molecule has 0 heterocycles. The molecule has 3 rings (SSSR count). The van der Waals surface area contributed by atoms with Crippen LogP contribution >= 0.6 is 0 Å². The van der Waals surface area contributed by atoms with Crippen LogP contribution in [-0.4, -0.2) is 5.78 Å². The molecule has 0 aromatic rings. The van der Waals surface area contributed by atoms with Crippen LogP contribution in [0.4, 0.5) is 0 Å². The van der Waals surface area contributed by atoms with Gasteiger partial charge in [0, 0.05) is 6.42 Å². The van der Waals surface area contributed by atoms with Gasteiger partial charge in [-0.3, -0.25) is 4.79 Å². The fourth-order valence-corrected chi connectivity index (χ4v) is 3.99. The third-order valence-corrected chi connectivity index (χ3v) is 4.70. The van der Waals surface area contributed by atoms with E-state index in [2.05, 4.69) is 0 Å². The Balaban J connectivity index is 1.63. The number of rotatable bonds is 2. The second kappa shape index (κ2) is 3.77. The molecule has 0 amide bonds. The van der Waals surface area contributed by atoms with E-state index in [1.807, 2.05) is 6.08 Å². The molecule has 0 saturated heterocycles. The Morgan fingerprint density at radius 1 is 1.20 bits per heavy atom. The summed E-state index contributed by atoms with van der Waals surface area (Å²) in [5.74, 6) is 3.35. The largest absolute Gasteiger partial charge is 0.295 e.